The van der Waals surface area contributed by atoms with Gasteiger partial charge in [0.25, 0.3) is 0 Å². The van der Waals surface area contributed by atoms with Gasteiger partial charge < -0.3 is 4.74 Å². The minimum absolute atomic E-state index is 0.108. The van der Waals surface area contributed by atoms with Gasteiger partial charge in [0.05, 0.1) is 18.8 Å². The van der Waals surface area contributed by atoms with Gasteiger partial charge in [-0.15, -0.1) is 0 Å². The fraction of sp³-hybridized carbons (Fsp3) is 0.261. The quantitative estimate of drug-likeness (QED) is 0.591. The maximum atomic E-state index is 14.8. The van der Waals surface area contributed by atoms with Crippen molar-refractivity contribution in [3.8, 4) is 11.1 Å². The van der Waals surface area contributed by atoms with Crippen LogP contribution < -0.4 is 0 Å². The van der Waals surface area contributed by atoms with Gasteiger partial charge in [-0.1, -0.05) is 49.4 Å². The molecule has 2 aromatic carbocycles. The van der Waals surface area contributed by atoms with Crippen LogP contribution in [0.25, 0.3) is 11.1 Å². The Hall–Kier alpha value is -3.28. The number of hydrogen-bond acceptors (Lipinski definition) is 4. The van der Waals surface area contributed by atoms with Gasteiger partial charge in [0, 0.05) is 23.8 Å². The third-order valence-corrected chi connectivity index (χ3v) is 5.14. The number of ether oxygens (including phenoxy) is 1. The fourth-order valence-electron chi connectivity index (χ4n) is 3.48. The molecule has 2 atom stereocenters. The highest BCUT2D eigenvalue weighted by atomic mass is 19.1. The van der Waals surface area contributed by atoms with Crippen LogP contribution in [0.3, 0.4) is 0 Å². The van der Waals surface area contributed by atoms with Crippen molar-refractivity contribution in [3.63, 3.8) is 0 Å². The Morgan fingerprint density at radius 2 is 2.03 bits per heavy atom. The Kier molecular flexibility index (Phi) is 5.25. The van der Waals surface area contributed by atoms with E-state index in [-0.39, 0.29) is 17.7 Å². The molecule has 1 aliphatic rings. The van der Waals surface area contributed by atoms with Crippen LogP contribution in [0, 0.1) is 11.7 Å². The van der Waals surface area contributed by atoms with E-state index in [0.29, 0.717) is 24.5 Å². The summed E-state index contributed by atoms with van der Waals surface area (Å²) in [6.45, 7) is 4.49. The first-order valence-electron chi connectivity index (χ1n) is 9.70. The molecule has 0 amide bonds. The Morgan fingerprint density at radius 3 is 2.76 bits per heavy atom. The van der Waals surface area contributed by atoms with Crippen LogP contribution in [-0.4, -0.2) is 28.6 Å². The van der Waals surface area contributed by atoms with Gasteiger partial charge in [-0.05, 0) is 24.1 Å². The summed E-state index contributed by atoms with van der Waals surface area (Å²) in [5, 5.41) is 4.60. The second-order valence-electron chi connectivity index (χ2n) is 7.07. The molecule has 5 nitrogen and oxygen atoms in total. The Bertz CT molecular complexity index is 1060. The predicted molar refractivity (Wildman–Crippen MR) is 110 cm³/mol. The minimum Gasteiger partial charge on any atom is -0.465 e. The van der Waals surface area contributed by atoms with Crippen molar-refractivity contribution in [2.45, 2.75) is 26.3 Å². The molecule has 0 fully saturated rings. The number of aromatic nitrogens is 2. The van der Waals surface area contributed by atoms with Crippen molar-refractivity contribution in [2.24, 2.45) is 10.9 Å². The first-order chi connectivity index (χ1) is 14.1. The van der Waals surface area contributed by atoms with E-state index >= 15 is 0 Å². The molecular weight excluding hydrogens is 369 g/mol. The number of benzene rings is 2. The summed E-state index contributed by atoms with van der Waals surface area (Å²) in [7, 11) is 0. The summed E-state index contributed by atoms with van der Waals surface area (Å²) < 4.78 is 21.5. The van der Waals surface area contributed by atoms with E-state index in [2.05, 4.69) is 10.1 Å². The van der Waals surface area contributed by atoms with Crippen LogP contribution in [0.5, 0.6) is 0 Å². The van der Waals surface area contributed by atoms with Crippen molar-refractivity contribution >= 4 is 18.0 Å². The van der Waals surface area contributed by atoms with E-state index < -0.39 is 5.92 Å². The van der Waals surface area contributed by atoms with Crippen LogP contribution in [0.1, 0.15) is 31.0 Å². The standard InChI is InChI=1S/C23H22FN3O2/c1-3-29-23(28)18-13-25-22-12-21(26-27(22)14-18)15(2)17-9-10-19(20(24)11-17)16-7-5-4-6-8-16/h4-13,15,18H,3,14H2,1-2H3. The molecule has 29 heavy (non-hydrogen) atoms. The van der Waals surface area contributed by atoms with E-state index in [4.69, 9.17) is 4.74 Å². The third kappa shape index (κ3) is 3.83. The SMILES string of the molecule is CCOC(=O)C1C=Nc2cc(C(C)c3ccc(-c4ccccc4)c(F)c3)nn2C1. The highest BCUT2D eigenvalue weighted by Gasteiger charge is 2.25. The van der Waals surface area contributed by atoms with Crippen LogP contribution in [0.2, 0.25) is 0 Å². The Morgan fingerprint density at radius 1 is 1.24 bits per heavy atom. The van der Waals surface area contributed by atoms with Crippen molar-refractivity contribution in [1.29, 1.82) is 0 Å². The lowest BCUT2D eigenvalue weighted by Crippen LogP contribution is -2.26. The zero-order chi connectivity index (χ0) is 20.4. The number of hydrogen-bond donors (Lipinski definition) is 0. The molecule has 2 unspecified atom stereocenters. The number of aliphatic imine (C=N–C) groups is 1. The van der Waals surface area contributed by atoms with Gasteiger partial charge in [0.15, 0.2) is 0 Å². The number of rotatable bonds is 5. The van der Waals surface area contributed by atoms with Gasteiger partial charge in [-0.3, -0.25) is 4.79 Å². The average molecular weight is 391 g/mol. The summed E-state index contributed by atoms with van der Waals surface area (Å²) in [5.41, 5.74) is 3.05. The molecule has 4 rings (SSSR count). The Balaban J connectivity index is 1.56. The van der Waals surface area contributed by atoms with Crippen molar-refractivity contribution in [3.05, 3.63) is 71.7 Å². The average Bonchev–Trinajstić information content (AvgIpc) is 3.17. The van der Waals surface area contributed by atoms with Gasteiger partial charge in [-0.2, -0.15) is 5.10 Å². The molecular formula is C23H22FN3O2. The molecule has 0 saturated carbocycles. The fourth-order valence-corrected chi connectivity index (χ4v) is 3.48. The summed E-state index contributed by atoms with van der Waals surface area (Å²) in [6, 6.07) is 16.7. The van der Waals surface area contributed by atoms with Crippen molar-refractivity contribution in [2.75, 3.05) is 6.61 Å². The van der Waals surface area contributed by atoms with Crippen molar-refractivity contribution < 1.29 is 13.9 Å². The number of halogens is 1. The van der Waals surface area contributed by atoms with Gasteiger partial charge in [0.1, 0.15) is 17.6 Å². The second-order valence-corrected chi connectivity index (χ2v) is 7.07. The van der Waals surface area contributed by atoms with Gasteiger partial charge in [0.2, 0.25) is 0 Å². The summed E-state index contributed by atoms with van der Waals surface area (Å²) in [5.74, 6) is -0.416. The minimum atomic E-state index is -0.437. The van der Waals surface area contributed by atoms with Crippen LogP contribution >= 0.6 is 0 Å². The number of esters is 1. The summed E-state index contributed by atoms with van der Waals surface area (Å²) in [4.78, 5) is 16.3. The van der Waals surface area contributed by atoms with E-state index in [9.17, 15) is 9.18 Å². The Labute approximate surface area is 168 Å². The number of carbonyl (C=O) groups excluding carboxylic acids is 1. The molecule has 0 N–H and O–H groups in total. The molecule has 0 bridgehead atoms. The second kappa shape index (κ2) is 7.99. The smallest absolute Gasteiger partial charge is 0.316 e. The zero-order valence-corrected chi connectivity index (χ0v) is 16.4. The van der Waals surface area contributed by atoms with E-state index in [1.807, 2.05) is 49.4 Å². The molecule has 2 heterocycles. The number of carbonyl (C=O) groups is 1. The highest BCUT2D eigenvalue weighted by Crippen LogP contribution is 2.31. The molecule has 3 aromatic rings. The zero-order valence-electron chi connectivity index (χ0n) is 16.4. The normalized spacial score (nSPS) is 16.3. The maximum absolute atomic E-state index is 14.8. The monoisotopic (exact) mass is 391 g/mol. The van der Waals surface area contributed by atoms with Gasteiger partial charge >= 0.3 is 5.97 Å². The molecule has 0 spiro atoms. The van der Waals surface area contributed by atoms with Gasteiger partial charge in [-0.25, -0.2) is 14.1 Å². The topological polar surface area (TPSA) is 56.5 Å². The molecule has 148 valence electrons. The summed E-state index contributed by atoms with van der Waals surface area (Å²) >= 11 is 0. The molecule has 0 aliphatic carbocycles. The van der Waals surface area contributed by atoms with Crippen LogP contribution in [-0.2, 0) is 16.1 Å². The molecule has 1 aromatic heterocycles. The molecule has 0 saturated heterocycles. The lowest BCUT2D eigenvalue weighted by molar-refractivity contribution is -0.145. The van der Waals surface area contributed by atoms with Crippen LogP contribution in [0.4, 0.5) is 10.2 Å². The van der Waals surface area contributed by atoms with E-state index in [1.54, 1.807) is 30.0 Å². The molecule has 0 radical (unpaired) electrons. The van der Waals surface area contributed by atoms with E-state index in [0.717, 1.165) is 16.8 Å². The predicted octanol–water partition coefficient (Wildman–Crippen LogP) is 4.74. The lowest BCUT2D eigenvalue weighted by atomic mass is 9.95. The number of fused-ring (bicyclic) bond motifs is 1. The first-order valence-corrected chi connectivity index (χ1v) is 9.70. The van der Waals surface area contributed by atoms with Crippen molar-refractivity contribution in [1.82, 2.24) is 9.78 Å². The summed E-state index contributed by atoms with van der Waals surface area (Å²) in [6.07, 6.45) is 1.61. The van der Waals surface area contributed by atoms with E-state index in [1.165, 1.54) is 0 Å². The third-order valence-electron chi connectivity index (χ3n) is 5.14. The molecule has 1 aliphatic heterocycles. The largest absolute Gasteiger partial charge is 0.465 e. The number of nitrogens with zero attached hydrogens (tertiary/aromatic N) is 3. The first kappa shape index (κ1) is 19.1. The van der Waals surface area contributed by atoms with Crippen LogP contribution in [0.15, 0.2) is 59.6 Å². The highest BCUT2D eigenvalue weighted by molar-refractivity contribution is 5.91. The molecule has 6 heteroatoms. The lowest BCUT2D eigenvalue weighted by Gasteiger charge is -2.16. The maximum Gasteiger partial charge on any atom is 0.316 e.